The molecule has 2 amide bonds. The third kappa shape index (κ3) is 5.84. The molecule has 3 rings (SSSR count). The van der Waals surface area contributed by atoms with E-state index in [0.717, 1.165) is 11.3 Å². The second kappa shape index (κ2) is 10.8. The minimum absolute atomic E-state index is 0.0801. The average Bonchev–Trinajstić information content (AvgIpc) is 3.01. The Labute approximate surface area is 199 Å². The highest BCUT2D eigenvalue weighted by Gasteiger charge is 2.33. The zero-order valence-corrected chi connectivity index (χ0v) is 20.6. The normalized spacial score (nSPS) is 16.3. The van der Waals surface area contributed by atoms with Crippen LogP contribution in [-0.2, 0) is 19.6 Å². The molecule has 11 heteroatoms. The smallest absolute Gasteiger partial charge is 0.248 e. The van der Waals surface area contributed by atoms with Crippen molar-refractivity contribution in [2.24, 2.45) is 0 Å². The van der Waals surface area contributed by atoms with Crippen molar-refractivity contribution >= 4 is 27.9 Å². The lowest BCUT2D eigenvalue weighted by Crippen LogP contribution is -2.47. The first kappa shape index (κ1) is 25.4. The van der Waals surface area contributed by atoms with Gasteiger partial charge in [0.05, 0.1) is 7.11 Å². The molecule has 1 aromatic carbocycles. The van der Waals surface area contributed by atoms with Gasteiger partial charge in [-0.15, -0.1) is 0 Å². The van der Waals surface area contributed by atoms with Crippen LogP contribution in [0.2, 0.25) is 0 Å². The van der Waals surface area contributed by atoms with Crippen LogP contribution in [0.4, 0.5) is 0 Å². The van der Waals surface area contributed by atoms with Crippen LogP contribution in [-0.4, -0.2) is 73.9 Å². The van der Waals surface area contributed by atoms with Crippen LogP contribution in [0.25, 0.3) is 6.08 Å². The van der Waals surface area contributed by atoms with Gasteiger partial charge >= 0.3 is 0 Å². The van der Waals surface area contributed by atoms with E-state index in [1.165, 1.54) is 10.4 Å². The Kier molecular flexibility index (Phi) is 8.11. The van der Waals surface area contributed by atoms with Gasteiger partial charge in [0.25, 0.3) is 0 Å². The Morgan fingerprint density at radius 2 is 1.85 bits per heavy atom. The van der Waals surface area contributed by atoms with E-state index in [9.17, 15) is 18.0 Å². The van der Waals surface area contributed by atoms with Crippen LogP contribution in [0.5, 0.6) is 5.75 Å². The van der Waals surface area contributed by atoms with Crippen molar-refractivity contribution in [1.82, 2.24) is 19.7 Å². The highest BCUT2D eigenvalue weighted by atomic mass is 32.2. The molecular formula is C23H30N4O6S. The topological polar surface area (TPSA) is 122 Å². The van der Waals surface area contributed by atoms with Crippen LogP contribution in [0.1, 0.15) is 30.4 Å². The number of aromatic nitrogens is 1. The monoisotopic (exact) mass is 490 g/mol. The molecule has 184 valence electrons. The molecule has 0 unspecified atom stereocenters. The van der Waals surface area contributed by atoms with Gasteiger partial charge in [0.2, 0.25) is 21.8 Å². The van der Waals surface area contributed by atoms with Gasteiger partial charge in [0.15, 0.2) is 5.76 Å². The van der Waals surface area contributed by atoms with Gasteiger partial charge in [-0.25, -0.2) is 8.42 Å². The SMILES string of the molecule is COc1ccc(/C=C/C(=O)N[C@@H](C)C(=O)N2CCCN(S(=O)(=O)c3c(C)noc3C)CC2)cc1. The van der Waals surface area contributed by atoms with Crippen molar-refractivity contribution in [3.63, 3.8) is 0 Å². The maximum Gasteiger partial charge on any atom is 0.248 e. The first-order chi connectivity index (χ1) is 16.1. The van der Waals surface area contributed by atoms with E-state index in [-0.39, 0.29) is 36.2 Å². The Morgan fingerprint density at radius 3 is 2.47 bits per heavy atom. The fraction of sp³-hybridized carbons (Fsp3) is 0.435. The fourth-order valence-corrected chi connectivity index (χ4v) is 5.57. The maximum atomic E-state index is 13.1. The molecule has 34 heavy (non-hydrogen) atoms. The number of methoxy groups -OCH3 is 1. The van der Waals surface area contributed by atoms with Gasteiger partial charge in [0.1, 0.15) is 22.4 Å². The Hall–Kier alpha value is -3.18. The molecule has 0 saturated carbocycles. The number of nitrogens with one attached hydrogen (secondary N) is 1. The number of amides is 2. The van der Waals surface area contributed by atoms with E-state index in [4.69, 9.17) is 9.26 Å². The van der Waals surface area contributed by atoms with Crippen molar-refractivity contribution in [3.05, 3.63) is 47.4 Å². The van der Waals surface area contributed by atoms with Crippen LogP contribution >= 0.6 is 0 Å². The number of sulfonamides is 1. The van der Waals surface area contributed by atoms with Gasteiger partial charge in [-0.05, 0) is 51.0 Å². The maximum absolute atomic E-state index is 13.1. The molecule has 2 aromatic rings. The average molecular weight is 491 g/mol. The lowest BCUT2D eigenvalue weighted by atomic mass is 10.2. The largest absolute Gasteiger partial charge is 0.497 e. The highest BCUT2D eigenvalue weighted by Crippen LogP contribution is 2.24. The number of nitrogens with zero attached hydrogens (tertiary/aromatic N) is 3. The number of ether oxygens (including phenoxy) is 1. The van der Waals surface area contributed by atoms with Crippen molar-refractivity contribution in [2.75, 3.05) is 33.3 Å². The van der Waals surface area contributed by atoms with Crippen LogP contribution in [0.15, 0.2) is 39.8 Å². The fourth-order valence-electron chi connectivity index (χ4n) is 3.81. The molecule has 1 saturated heterocycles. The molecule has 2 heterocycles. The second-order valence-electron chi connectivity index (χ2n) is 8.07. The zero-order valence-electron chi connectivity index (χ0n) is 19.8. The minimum atomic E-state index is -3.78. The minimum Gasteiger partial charge on any atom is -0.497 e. The highest BCUT2D eigenvalue weighted by molar-refractivity contribution is 7.89. The Balaban J connectivity index is 1.57. The molecule has 1 fully saturated rings. The van der Waals surface area contributed by atoms with Crippen LogP contribution in [0.3, 0.4) is 0 Å². The molecule has 1 aliphatic rings. The van der Waals surface area contributed by atoms with Gasteiger partial charge in [-0.3, -0.25) is 9.59 Å². The summed E-state index contributed by atoms with van der Waals surface area (Å²) >= 11 is 0. The Bertz CT molecular complexity index is 1140. The van der Waals surface area contributed by atoms with E-state index in [0.29, 0.717) is 18.7 Å². The van der Waals surface area contributed by atoms with Gasteiger partial charge < -0.3 is 19.5 Å². The number of carbonyl (C=O) groups excluding carboxylic acids is 2. The number of hydrogen-bond donors (Lipinski definition) is 1. The standard InChI is InChI=1S/C23H30N4O6S/c1-16-22(18(3)33-25-16)34(30,31)27-13-5-12-26(14-15-27)23(29)17(2)24-21(28)11-8-19-6-9-20(32-4)10-7-19/h6-11,17H,5,12-15H2,1-4H3,(H,24,28)/b11-8+/t17-/m0/s1. The van der Waals surface area contributed by atoms with Crippen molar-refractivity contribution < 1.29 is 27.3 Å². The number of benzene rings is 1. The molecular weight excluding hydrogens is 460 g/mol. The van der Waals surface area contributed by atoms with Crippen molar-refractivity contribution in [1.29, 1.82) is 0 Å². The lowest BCUT2D eigenvalue weighted by molar-refractivity contribution is -0.135. The Morgan fingerprint density at radius 1 is 1.15 bits per heavy atom. The van der Waals surface area contributed by atoms with Crippen LogP contribution < -0.4 is 10.1 Å². The molecule has 0 radical (unpaired) electrons. The van der Waals surface area contributed by atoms with Gasteiger partial charge in [0, 0.05) is 32.3 Å². The third-order valence-corrected chi connectivity index (χ3v) is 7.75. The number of aryl methyl sites for hydroxylation is 2. The summed E-state index contributed by atoms with van der Waals surface area (Å²) in [6.45, 7) is 5.82. The summed E-state index contributed by atoms with van der Waals surface area (Å²) in [5.74, 6) is 0.307. The number of rotatable bonds is 7. The summed E-state index contributed by atoms with van der Waals surface area (Å²) in [5, 5.41) is 6.41. The molecule has 0 bridgehead atoms. The summed E-state index contributed by atoms with van der Waals surface area (Å²) in [5.41, 5.74) is 1.13. The van der Waals surface area contributed by atoms with E-state index in [1.54, 1.807) is 51.0 Å². The lowest BCUT2D eigenvalue weighted by Gasteiger charge is -2.25. The number of carbonyl (C=O) groups is 2. The molecule has 0 spiro atoms. The number of hydrogen-bond acceptors (Lipinski definition) is 7. The predicted octanol–water partition coefficient (Wildman–Crippen LogP) is 1.74. The van der Waals surface area contributed by atoms with Crippen molar-refractivity contribution in [2.45, 2.75) is 38.1 Å². The predicted molar refractivity (Wildman–Crippen MR) is 126 cm³/mol. The summed E-state index contributed by atoms with van der Waals surface area (Å²) in [7, 11) is -2.20. The quantitative estimate of drug-likeness (QED) is 0.587. The first-order valence-corrected chi connectivity index (χ1v) is 12.4. The molecule has 1 aromatic heterocycles. The molecule has 1 atom stereocenters. The van der Waals surface area contributed by atoms with Gasteiger partial charge in [-0.2, -0.15) is 4.31 Å². The van der Waals surface area contributed by atoms with Crippen LogP contribution in [0, 0.1) is 13.8 Å². The van der Waals surface area contributed by atoms with E-state index >= 15 is 0 Å². The van der Waals surface area contributed by atoms with Gasteiger partial charge in [-0.1, -0.05) is 17.3 Å². The summed E-state index contributed by atoms with van der Waals surface area (Å²) in [6.07, 6.45) is 3.49. The van der Waals surface area contributed by atoms with Crippen molar-refractivity contribution in [3.8, 4) is 5.75 Å². The van der Waals surface area contributed by atoms with E-state index in [1.807, 2.05) is 12.1 Å². The summed E-state index contributed by atoms with van der Waals surface area (Å²) in [4.78, 5) is 26.9. The van der Waals surface area contributed by atoms with E-state index in [2.05, 4.69) is 10.5 Å². The van der Waals surface area contributed by atoms with E-state index < -0.39 is 22.0 Å². The molecule has 10 nitrogen and oxygen atoms in total. The molecule has 0 aliphatic carbocycles. The molecule has 1 N–H and O–H groups in total. The zero-order chi connectivity index (χ0) is 24.9. The molecule has 1 aliphatic heterocycles. The first-order valence-electron chi connectivity index (χ1n) is 11.0. The third-order valence-electron chi connectivity index (χ3n) is 5.60. The second-order valence-corrected chi connectivity index (χ2v) is 9.95. The summed E-state index contributed by atoms with van der Waals surface area (Å²) < 4.78 is 37.6. The summed E-state index contributed by atoms with van der Waals surface area (Å²) in [6, 6.07) is 6.46.